The number of amides is 1. The second-order valence-corrected chi connectivity index (χ2v) is 4.96. The highest BCUT2D eigenvalue weighted by molar-refractivity contribution is 5.93. The fraction of sp³-hybridized carbons (Fsp3) is 0.294. The number of halogens is 1. The Bertz CT molecular complexity index is 614. The number of carbonyl (C=O) groups is 1. The highest BCUT2D eigenvalue weighted by Gasteiger charge is 2.05. The predicted molar refractivity (Wildman–Crippen MR) is 85.5 cm³/mol. The summed E-state index contributed by atoms with van der Waals surface area (Å²) in [6.07, 6.45) is 3.01. The molecule has 0 aliphatic rings. The van der Waals surface area contributed by atoms with Crippen LogP contribution in [0, 0.1) is 5.82 Å². The van der Waals surface area contributed by atoms with Crippen molar-refractivity contribution in [3.63, 3.8) is 0 Å². The standard InChI is InChI=1S/C17H20FN3O/c1-2-10-20-17(22)14-7-8-16(21-12-14)19-11-9-13-5-3-4-6-15(13)18/h3-8,12H,2,9-11H2,1H3,(H,19,21)(H,20,22). The van der Waals surface area contributed by atoms with Crippen LogP contribution < -0.4 is 10.6 Å². The number of pyridine rings is 1. The van der Waals surface area contributed by atoms with Gasteiger partial charge in [0.05, 0.1) is 5.56 Å². The molecule has 4 nitrogen and oxygen atoms in total. The summed E-state index contributed by atoms with van der Waals surface area (Å²) < 4.78 is 13.5. The average molecular weight is 301 g/mol. The molecule has 0 aliphatic heterocycles. The molecule has 1 aromatic carbocycles. The Kier molecular flexibility index (Phi) is 5.89. The molecular weight excluding hydrogens is 281 g/mol. The number of hydrogen-bond acceptors (Lipinski definition) is 3. The van der Waals surface area contributed by atoms with Crippen LogP contribution in [0.4, 0.5) is 10.2 Å². The summed E-state index contributed by atoms with van der Waals surface area (Å²) in [4.78, 5) is 15.9. The number of rotatable bonds is 7. The smallest absolute Gasteiger partial charge is 0.252 e. The number of hydrogen-bond donors (Lipinski definition) is 2. The highest BCUT2D eigenvalue weighted by atomic mass is 19.1. The van der Waals surface area contributed by atoms with Gasteiger partial charge in [-0.1, -0.05) is 25.1 Å². The number of nitrogens with zero attached hydrogens (tertiary/aromatic N) is 1. The minimum Gasteiger partial charge on any atom is -0.370 e. The van der Waals surface area contributed by atoms with E-state index in [1.54, 1.807) is 24.3 Å². The van der Waals surface area contributed by atoms with Gasteiger partial charge < -0.3 is 10.6 Å². The van der Waals surface area contributed by atoms with Crippen LogP contribution in [-0.4, -0.2) is 24.0 Å². The minimum atomic E-state index is -0.194. The summed E-state index contributed by atoms with van der Waals surface area (Å²) in [5.41, 5.74) is 1.21. The number of anilines is 1. The first-order valence-electron chi connectivity index (χ1n) is 7.42. The predicted octanol–water partition coefficient (Wildman–Crippen LogP) is 3.02. The summed E-state index contributed by atoms with van der Waals surface area (Å²) in [7, 11) is 0. The van der Waals surface area contributed by atoms with Crippen molar-refractivity contribution in [1.82, 2.24) is 10.3 Å². The lowest BCUT2D eigenvalue weighted by Gasteiger charge is -2.07. The van der Waals surface area contributed by atoms with Crippen molar-refractivity contribution in [3.8, 4) is 0 Å². The van der Waals surface area contributed by atoms with Gasteiger partial charge in [-0.25, -0.2) is 9.37 Å². The maximum atomic E-state index is 13.5. The van der Waals surface area contributed by atoms with E-state index >= 15 is 0 Å². The third-order valence-corrected chi connectivity index (χ3v) is 3.22. The maximum absolute atomic E-state index is 13.5. The molecule has 1 heterocycles. The first-order chi connectivity index (χ1) is 10.7. The van der Waals surface area contributed by atoms with Gasteiger partial charge in [0, 0.05) is 19.3 Å². The van der Waals surface area contributed by atoms with Gasteiger partial charge in [0.15, 0.2) is 0 Å². The average Bonchev–Trinajstić information content (AvgIpc) is 2.55. The Morgan fingerprint density at radius 2 is 2.00 bits per heavy atom. The molecule has 0 radical (unpaired) electrons. The van der Waals surface area contributed by atoms with E-state index in [-0.39, 0.29) is 11.7 Å². The van der Waals surface area contributed by atoms with Crippen molar-refractivity contribution < 1.29 is 9.18 Å². The van der Waals surface area contributed by atoms with Crippen molar-refractivity contribution in [3.05, 3.63) is 59.5 Å². The van der Waals surface area contributed by atoms with Crippen LogP contribution in [0.3, 0.4) is 0 Å². The van der Waals surface area contributed by atoms with E-state index in [0.29, 0.717) is 36.5 Å². The zero-order valence-electron chi connectivity index (χ0n) is 12.6. The van der Waals surface area contributed by atoms with Gasteiger partial charge in [0.1, 0.15) is 11.6 Å². The van der Waals surface area contributed by atoms with Crippen molar-refractivity contribution in [2.24, 2.45) is 0 Å². The van der Waals surface area contributed by atoms with Crippen LogP contribution in [0.2, 0.25) is 0 Å². The molecule has 0 saturated heterocycles. The normalized spacial score (nSPS) is 10.3. The molecule has 116 valence electrons. The lowest BCUT2D eigenvalue weighted by molar-refractivity contribution is 0.0953. The molecule has 0 aliphatic carbocycles. The molecule has 0 saturated carbocycles. The Hall–Kier alpha value is -2.43. The molecule has 1 aromatic heterocycles. The number of aromatic nitrogens is 1. The lowest BCUT2D eigenvalue weighted by Crippen LogP contribution is -2.24. The van der Waals surface area contributed by atoms with Crippen LogP contribution in [0.25, 0.3) is 0 Å². The van der Waals surface area contributed by atoms with Crippen molar-refractivity contribution in [2.45, 2.75) is 19.8 Å². The van der Waals surface area contributed by atoms with E-state index in [9.17, 15) is 9.18 Å². The Morgan fingerprint density at radius 1 is 1.18 bits per heavy atom. The van der Waals surface area contributed by atoms with E-state index in [4.69, 9.17) is 0 Å². The molecule has 0 bridgehead atoms. The van der Waals surface area contributed by atoms with E-state index < -0.39 is 0 Å². The second kappa shape index (κ2) is 8.12. The van der Waals surface area contributed by atoms with Crippen LogP contribution in [0.5, 0.6) is 0 Å². The first-order valence-corrected chi connectivity index (χ1v) is 7.42. The second-order valence-electron chi connectivity index (χ2n) is 4.96. The van der Waals surface area contributed by atoms with Gasteiger partial charge in [-0.2, -0.15) is 0 Å². The lowest BCUT2D eigenvalue weighted by atomic mass is 10.1. The highest BCUT2D eigenvalue weighted by Crippen LogP contribution is 2.09. The quantitative estimate of drug-likeness (QED) is 0.826. The summed E-state index contributed by atoms with van der Waals surface area (Å²) in [6, 6.07) is 10.2. The van der Waals surface area contributed by atoms with Crippen molar-refractivity contribution in [2.75, 3.05) is 18.4 Å². The summed E-state index contributed by atoms with van der Waals surface area (Å²) >= 11 is 0. The monoisotopic (exact) mass is 301 g/mol. The van der Waals surface area contributed by atoms with Crippen molar-refractivity contribution in [1.29, 1.82) is 0 Å². The van der Waals surface area contributed by atoms with Gasteiger partial charge in [0.2, 0.25) is 0 Å². The topological polar surface area (TPSA) is 54.0 Å². The van der Waals surface area contributed by atoms with Crippen LogP contribution in [-0.2, 0) is 6.42 Å². The number of carbonyl (C=O) groups excluding carboxylic acids is 1. The zero-order chi connectivity index (χ0) is 15.8. The Morgan fingerprint density at radius 3 is 2.68 bits per heavy atom. The van der Waals surface area contributed by atoms with Crippen LogP contribution >= 0.6 is 0 Å². The zero-order valence-corrected chi connectivity index (χ0v) is 12.6. The van der Waals surface area contributed by atoms with Gasteiger partial charge in [-0.15, -0.1) is 0 Å². The van der Waals surface area contributed by atoms with E-state index in [2.05, 4.69) is 15.6 Å². The van der Waals surface area contributed by atoms with Gasteiger partial charge in [-0.3, -0.25) is 4.79 Å². The Balaban J connectivity index is 1.84. The van der Waals surface area contributed by atoms with Crippen molar-refractivity contribution >= 4 is 11.7 Å². The van der Waals surface area contributed by atoms with Gasteiger partial charge in [-0.05, 0) is 36.6 Å². The molecule has 0 unspecified atom stereocenters. The summed E-state index contributed by atoms with van der Waals surface area (Å²) in [6.45, 7) is 3.23. The van der Waals surface area contributed by atoms with E-state index in [1.807, 2.05) is 13.0 Å². The van der Waals surface area contributed by atoms with Gasteiger partial charge in [0.25, 0.3) is 5.91 Å². The third kappa shape index (κ3) is 4.55. The molecule has 2 aromatic rings. The molecule has 5 heteroatoms. The fourth-order valence-corrected chi connectivity index (χ4v) is 2.00. The molecule has 0 fully saturated rings. The van der Waals surface area contributed by atoms with E-state index in [0.717, 1.165) is 6.42 Å². The molecule has 1 amide bonds. The fourth-order valence-electron chi connectivity index (χ4n) is 2.00. The van der Waals surface area contributed by atoms with Gasteiger partial charge >= 0.3 is 0 Å². The SMILES string of the molecule is CCCNC(=O)c1ccc(NCCc2ccccc2F)nc1. The molecular formula is C17H20FN3O. The molecule has 22 heavy (non-hydrogen) atoms. The molecule has 0 atom stereocenters. The minimum absolute atomic E-state index is 0.118. The summed E-state index contributed by atoms with van der Waals surface area (Å²) in [5, 5.41) is 5.92. The maximum Gasteiger partial charge on any atom is 0.252 e. The number of nitrogens with one attached hydrogen (secondary N) is 2. The van der Waals surface area contributed by atoms with E-state index in [1.165, 1.54) is 12.3 Å². The number of benzene rings is 1. The Labute approximate surface area is 129 Å². The molecule has 2 rings (SSSR count). The van der Waals surface area contributed by atoms with Crippen LogP contribution in [0.1, 0.15) is 29.3 Å². The third-order valence-electron chi connectivity index (χ3n) is 3.22. The summed E-state index contributed by atoms with van der Waals surface area (Å²) in [5.74, 6) is 0.357. The largest absolute Gasteiger partial charge is 0.370 e. The van der Waals surface area contributed by atoms with Crippen LogP contribution in [0.15, 0.2) is 42.6 Å². The molecule has 2 N–H and O–H groups in total. The molecule has 0 spiro atoms. The first kappa shape index (κ1) is 15.9.